The van der Waals surface area contributed by atoms with Crippen LogP contribution in [0.2, 0.25) is 0 Å². The lowest BCUT2D eigenvalue weighted by atomic mass is 10.4. The molecule has 0 rings (SSSR count). The van der Waals surface area contributed by atoms with Crippen molar-refractivity contribution in [3.63, 3.8) is 0 Å². The van der Waals surface area contributed by atoms with Gasteiger partial charge in [-0.1, -0.05) is 29.4 Å². The van der Waals surface area contributed by atoms with E-state index in [1.165, 1.54) is 0 Å². The standard InChI is InChI=1S/C10H17BrNOP/c1-5-10(8-7-9(3)11)13-14(4)12-6-2/h5,7-8,12H,1,6H2,2-4H3/b9-7+,10-8+. The minimum Gasteiger partial charge on any atom is -0.459 e. The maximum Gasteiger partial charge on any atom is 0.157 e. The molecule has 0 fully saturated rings. The van der Waals surface area contributed by atoms with Crippen molar-refractivity contribution < 1.29 is 4.52 Å². The van der Waals surface area contributed by atoms with E-state index in [4.69, 9.17) is 4.52 Å². The normalized spacial score (nSPS) is 15.1. The van der Waals surface area contributed by atoms with Gasteiger partial charge < -0.3 is 4.52 Å². The summed E-state index contributed by atoms with van der Waals surface area (Å²) in [5, 5.41) is 3.22. The summed E-state index contributed by atoms with van der Waals surface area (Å²) in [5.41, 5.74) is 0. The summed E-state index contributed by atoms with van der Waals surface area (Å²) in [6.07, 6.45) is 5.54. The first-order valence-corrected chi connectivity index (χ1v) is 6.91. The molecule has 1 N–H and O–H groups in total. The molecule has 0 spiro atoms. The molecule has 0 saturated heterocycles. The van der Waals surface area contributed by atoms with Crippen LogP contribution in [0, 0.1) is 0 Å². The summed E-state index contributed by atoms with van der Waals surface area (Å²) in [6.45, 7) is 10.7. The SMILES string of the molecule is C=C/C(=C\C=C(/C)Br)OP(C)NCC. The molecule has 1 atom stereocenters. The number of hydrogen-bond acceptors (Lipinski definition) is 2. The van der Waals surface area contributed by atoms with Crippen molar-refractivity contribution in [2.24, 2.45) is 0 Å². The predicted octanol–water partition coefficient (Wildman–Crippen LogP) is 3.92. The minimum atomic E-state index is -0.591. The second-order valence-electron chi connectivity index (χ2n) is 2.63. The molecule has 4 heteroatoms. The summed E-state index contributed by atoms with van der Waals surface area (Å²) in [4.78, 5) is 0. The van der Waals surface area contributed by atoms with Crippen LogP contribution >= 0.6 is 24.2 Å². The Morgan fingerprint density at radius 3 is 2.64 bits per heavy atom. The molecule has 2 nitrogen and oxygen atoms in total. The molecule has 0 aromatic carbocycles. The van der Waals surface area contributed by atoms with Crippen molar-refractivity contribution in [2.75, 3.05) is 13.2 Å². The molecule has 0 radical (unpaired) electrons. The lowest BCUT2D eigenvalue weighted by Gasteiger charge is -2.14. The fraction of sp³-hybridized carbons (Fsp3) is 0.400. The molecule has 1 unspecified atom stereocenters. The monoisotopic (exact) mass is 277 g/mol. The van der Waals surface area contributed by atoms with E-state index in [0.29, 0.717) is 0 Å². The Morgan fingerprint density at radius 1 is 1.57 bits per heavy atom. The van der Waals surface area contributed by atoms with E-state index in [1.807, 2.05) is 25.7 Å². The molecule has 0 bridgehead atoms. The summed E-state index contributed by atoms with van der Waals surface area (Å²) in [5.74, 6) is 0.790. The lowest BCUT2D eigenvalue weighted by Crippen LogP contribution is -2.05. The maximum absolute atomic E-state index is 5.62. The second-order valence-corrected chi connectivity index (χ2v) is 5.37. The van der Waals surface area contributed by atoms with Gasteiger partial charge in [0, 0.05) is 6.66 Å². The van der Waals surface area contributed by atoms with Crippen molar-refractivity contribution in [3.8, 4) is 0 Å². The molecule has 0 amide bonds. The van der Waals surface area contributed by atoms with Crippen LogP contribution < -0.4 is 5.09 Å². The van der Waals surface area contributed by atoms with Gasteiger partial charge in [0.15, 0.2) is 8.30 Å². The summed E-state index contributed by atoms with van der Waals surface area (Å²) in [7, 11) is -0.591. The molecule has 0 heterocycles. The van der Waals surface area contributed by atoms with Gasteiger partial charge in [-0.25, -0.2) is 0 Å². The third-order valence-corrected chi connectivity index (χ3v) is 2.81. The molecule has 14 heavy (non-hydrogen) atoms. The van der Waals surface area contributed by atoms with Crippen LogP contribution in [0.1, 0.15) is 13.8 Å². The number of rotatable bonds is 6. The van der Waals surface area contributed by atoms with Gasteiger partial charge in [-0.05, 0) is 36.2 Å². The van der Waals surface area contributed by atoms with Crippen molar-refractivity contribution in [1.29, 1.82) is 0 Å². The molecule has 80 valence electrons. The quantitative estimate of drug-likeness (QED) is 0.451. The van der Waals surface area contributed by atoms with Gasteiger partial charge in [-0.2, -0.15) is 0 Å². The predicted molar refractivity (Wildman–Crippen MR) is 68.6 cm³/mol. The highest BCUT2D eigenvalue weighted by Crippen LogP contribution is 2.30. The highest BCUT2D eigenvalue weighted by Gasteiger charge is 2.00. The van der Waals surface area contributed by atoms with Crippen LogP contribution in [-0.4, -0.2) is 13.2 Å². The Labute approximate surface area is 96.1 Å². The van der Waals surface area contributed by atoms with E-state index in [2.05, 4.69) is 34.5 Å². The number of hydrogen-bond donors (Lipinski definition) is 1. The second kappa shape index (κ2) is 8.22. The van der Waals surface area contributed by atoms with Crippen molar-refractivity contribution in [2.45, 2.75) is 13.8 Å². The van der Waals surface area contributed by atoms with Crippen LogP contribution in [0.15, 0.2) is 35.0 Å². The van der Waals surface area contributed by atoms with Crippen molar-refractivity contribution >= 4 is 24.2 Å². The van der Waals surface area contributed by atoms with Crippen molar-refractivity contribution in [3.05, 3.63) is 35.0 Å². The molecule has 0 saturated carbocycles. The smallest absolute Gasteiger partial charge is 0.157 e. The van der Waals surface area contributed by atoms with Gasteiger partial charge in [0.25, 0.3) is 0 Å². The van der Waals surface area contributed by atoms with E-state index < -0.39 is 8.30 Å². The van der Waals surface area contributed by atoms with E-state index in [0.717, 1.165) is 16.8 Å². The number of allylic oxidation sites excluding steroid dienone is 4. The maximum atomic E-state index is 5.62. The summed E-state index contributed by atoms with van der Waals surface area (Å²) in [6, 6.07) is 0. The Kier molecular flexibility index (Phi) is 8.15. The molecular weight excluding hydrogens is 261 g/mol. The molecule has 0 aliphatic rings. The molecule has 0 aliphatic heterocycles. The average Bonchev–Trinajstić information content (AvgIpc) is 2.12. The first-order valence-electron chi connectivity index (χ1n) is 4.41. The van der Waals surface area contributed by atoms with Crippen LogP contribution in [0.5, 0.6) is 0 Å². The zero-order valence-corrected chi connectivity index (χ0v) is 11.4. The fourth-order valence-corrected chi connectivity index (χ4v) is 1.84. The van der Waals surface area contributed by atoms with Crippen LogP contribution in [0.4, 0.5) is 0 Å². The Morgan fingerprint density at radius 2 is 2.21 bits per heavy atom. The molecule has 0 aliphatic carbocycles. The van der Waals surface area contributed by atoms with Crippen molar-refractivity contribution in [1.82, 2.24) is 5.09 Å². The van der Waals surface area contributed by atoms with Crippen LogP contribution in [0.3, 0.4) is 0 Å². The molecular formula is C10H17BrNOP. The molecule has 0 aromatic heterocycles. The third kappa shape index (κ3) is 7.31. The Bertz CT molecular complexity index is 234. The first-order chi connectivity index (χ1) is 6.60. The lowest BCUT2D eigenvalue weighted by molar-refractivity contribution is 0.488. The Hall–Kier alpha value is -0.110. The van der Waals surface area contributed by atoms with E-state index in [1.54, 1.807) is 6.08 Å². The van der Waals surface area contributed by atoms with Gasteiger partial charge >= 0.3 is 0 Å². The summed E-state index contributed by atoms with van der Waals surface area (Å²) >= 11 is 3.35. The van der Waals surface area contributed by atoms with Gasteiger partial charge in [-0.15, -0.1) is 0 Å². The number of halogens is 1. The zero-order valence-electron chi connectivity index (χ0n) is 8.88. The highest BCUT2D eigenvalue weighted by molar-refractivity contribution is 9.11. The molecule has 0 aromatic rings. The summed E-state index contributed by atoms with van der Waals surface area (Å²) < 4.78 is 6.68. The van der Waals surface area contributed by atoms with Crippen LogP contribution in [-0.2, 0) is 4.52 Å². The Balaban J connectivity index is 4.21. The zero-order chi connectivity index (χ0) is 11.0. The van der Waals surface area contributed by atoms with E-state index in [-0.39, 0.29) is 0 Å². The fourth-order valence-electron chi connectivity index (χ4n) is 0.746. The largest absolute Gasteiger partial charge is 0.459 e. The third-order valence-electron chi connectivity index (χ3n) is 1.30. The average molecular weight is 278 g/mol. The van der Waals surface area contributed by atoms with E-state index in [9.17, 15) is 0 Å². The highest BCUT2D eigenvalue weighted by atomic mass is 79.9. The van der Waals surface area contributed by atoms with Gasteiger partial charge in [0.1, 0.15) is 5.76 Å². The topological polar surface area (TPSA) is 21.3 Å². The first kappa shape index (κ1) is 13.9. The van der Waals surface area contributed by atoms with Gasteiger partial charge in [-0.3, -0.25) is 5.09 Å². The number of nitrogens with one attached hydrogen (secondary N) is 1. The minimum absolute atomic E-state index is 0.591. The van der Waals surface area contributed by atoms with E-state index >= 15 is 0 Å². The van der Waals surface area contributed by atoms with Gasteiger partial charge in [0.05, 0.1) is 0 Å². The van der Waals surface area contributed by atoms with Gasteiger partial charge in [0.2, 0.25) is 0 Å². The van der Waals surface area contributed by atoms with Crippen LogP contribution in [0.25, 0.3) is 0 Å².